The van der Waals surface area contributed by atoms with Crippen molar-refractivity contribution in [3.63, 3.8) is 0 Å². The number of rotatable bonds is 10. The number of halogens is 1. The Morgan fingerprint density at radius 3 is 2.30 bits per heavy atom. The number of nitrogens with one attached hydrogen (secondary N) is 1. The molecule has 0 saturated carbocycles. The first kappa shape index (κ1) is 25.0. The molecule has 0 aliphatic carbocycles. The second kappa shape index (κ2) is 11.4. The topological polar surface area (TPSA) is 75.7 Å². The lowest BCUT2D eigenvalue weighted by molar-refractivity contribution is -0.114. The highest BCUT2D eigenvalue weighted by Gasteiger charge is 2.27. The van der Waals surface area contributed by atoms with Crippen LogP contribution in [0.4, 0.5) is 11.4 Å². The van der Waals surface area contributed by atoms with Crippen molar-refractivity contribution < 1.29 is 17.9 Å². The normalized spacial score (nSPS) is 11.1. The van der Waals surface area contributed by atoms with Crippen LogP contribution in [0.15, 0.2) is 82.6 Å². The predicted octanol–water partition coefficient (Wildman–Crippen LogP) is 5.68. The molecular formula is C24H25ClN2O4S2. The lowest BCUT2D eigenvalue weighted by Gasteiger charge is -2.24. The number of thioether (sulfide) groups is 1. The van der Waals surface area contributed by atoms with E-state index in [2.05, 4.69) is 5.32 Å². The summed E-state index contributed by atoms with van der Waals surface area (Å²) >= 11 is 7.53. The van der Waals surface area contributed by atoms with E-state index < -0.39 is 22.5 Å². The Kier molecular flexibility index (Phi) is 8.66. The summed E-state index contributed by atoms with van der Waals surface area (Å²) in [4.78, 5) is 13.9. The van der Waals surface area contributed by atoms with Gasteiger partial charge in [0.15, 0.2) is 0 Å². The van der Waals surface area contributed by atoms with Crippen LogP contribution in [0.25, 0.3) is 0 Å². The minimum Gasteiger partial charge on any atom is -0.494 e. The van der Waals surface area contributed by atoms with Gasteiger partial charge in [0.25, 0.3) is 10.0 Å². The third-order valence-corrected chi connectivity index (χ3v) is 7.58. The number of para-hydroxylation sites is 1. The van der Waals surface area contributed by atoms with Gasteiger partial charge in [0.05, 0.1) is 22.9 Å². The SMILES string of the molecule is CCOc1ccc(N(CC(=O)Nc2ccccc2SCC)S(=O)(=O)c2ccc(Cl)cc2)cc1. The molecule has 3 aromatic rings. The highest BCUT2D eigenvalue weighted by molar-refractivity contribution is 7.99. The van der Waals surface area contributed by atoms with Crippen molar-refractivity contribution in [2.45, 2.75) is 23.6 Å². The van der Waals surface area contributed by atoms with Crippen LogP contribution >= 0.6 is 23.4 Å². The van der Waals surface area contributed by atoms with E-state index in [1.165, 1.54) is 24.3 Å². The van der Waals surface area contributed by atoms with Crippen LogP contribution in [0.1, 0.15) is 13.8 Å². The maximum Gasteiger partial charge on any atom is 0.264 e. The molecule has 0 fully saturated rings. The van der Waals surface area contributed by atoms with Crippen LogP contribution in [0.3, 0.4) is 0 Å². The second-order valence-corrected chi connectivity index (χ2v) is 10.5. The number of carbonyl (C=O) groups is 1. The second-order valence-electron chi connectivity index (χ2n) is 6.87. The predicted molar refractivity (Wildman–Crippen MR) is 135 cm³/mol. The molecule has 3 rings (SSSR count). The fourth-order valence-electron chi connectivity index (χ4n) is 3.10. The lowest BCUT2D eigenvalue weighted by Crippen LogP contribution is -2.38. The molecule has 174 valence electrons. The fraction of sp³-hybridized carbons (Fsp3) is 0.208. The Bertz CT molecular complexity index is 1180. The van der Waals surface area contributed by atoms with E-state index in [1.54, 1.807) is 42.1 Å². The van der Waals surface area contributed by atoms with Crippen LogP contribution in [0.5, 0.6) is 5.75 Å². The van der Waals surface area contributed by atoms with Gasteiger partial charge in [-0.3, -0.25) is 9.10 Å². The molecule has 0 aliphatic heterocycles. The molecule has 0 unspecified atom stereocenters. The molecule has 0 bridgehead atoms. The summed E-state index contributed by atoms with van der Waals surface area (Å²) in [7, 11) is -4.04. The number of amides is 1. The molecule has 0 heterocycles. The van der Waals surface area contributed by atoms with Gasteiger partial charge in [0, 0.05) is 9.92 Å². The van der Waals surface area contributed by atoms with Crippen LogP contribution in [0.2, 0.25) is 5.02 Å². The minimum atomic E-state index is -4.04. The van der Waals surface area contributed by atoms with Crippen LogP contribution < -0.4 is 14.4 Å². The number of sulfonamides is 1. The molecule has 6 nitrogen and oxygen atoms in total. The highest BCUT2D eigenvalue weighted by atomic mass is 35.5. The molecule has 0 aliphatic rings. The lowest BCUT2D eigenvalue weighted by atomic mass is 10.3. The Labute approximate surface area is 204 Å². The van der Waals surface area contributed by atoms with Crippen molar-refractivity contribution >= 4 is 50.7 Å². The fourth-order valence-corrected chi connectivity index (χ4v) is 5.40. The Morgan fingerprint density at radius 2 is 1.67 bits per heavy atom. The van der Waals surface area contributed by atoms with E-state index in [1.807, 2.05) is 32.0 Å². The van der Waals surface area contributed by atoms with Crippen molar-refractivity contribution in [2.75, 3.05) is 28.5 Å². The standard InChI is InChI=1S/C24H25ClN2O4S2/c1-3-31-20-13-11-19(12-14-20)27(33(29,30)21-15-9-18(25)10-16-21)17-24(28)26-22-7-5-6-8-23(22)32-4-2/h5-16H,3-4,17H2,1-2H3,(H,26,28). The molecule has 9 heteroatoms. The number of nitrogens with zero attached hydrogens (tertiary/aromatic N) is 1. The average Bonchev–Trinajstić information content (AvgIpc) is 2.80. The number of hydrogen-bond donors (Lipinski definition) is 1. The molecule has 33 heavy (non-hydrogen) atoms. The Balaban J connectivity index is 1.93. The van der Waals surface area contributed by atoms with Crippen LogP contribution in [0, 0.1) is 0 Å². The zero-order valence-electron chi connectivity index (χ0n) is 18.3. The van der Waals surface area contributed by atoms with E-state index in [0.717, 1.165) is 15.0 Å². The van der Waals surface area contributed by atoms with Crippen molar-refractivity contribution in [3.05, 3.63) is 77.8 Å². The van der Waals surface area contributed by atoms with Gasteiger partial charge >= 0.3 is 0 Å². The van der Waals surface area contributed by atoms with E-state index in [4.69, 9.17) is 16.3 Å². The van der Waals surface area contributed by atoms with Gasteiger partial charge in [-0.1, -0.05) is 30.7 Å². The number of benzene rings is 3. The van der Waals surface area contributed by atoms with E-state index in [0.29, 0.717) is 28.8 Å². The monoisotopic (exact) mass is 504 g/mol. The van der Waals surface area contributed by atoms with Crippen LogP contribution in [-0.2, 0) is 14.8 Å². The summed E-state index contributed by atoms with van der Waals surface area (Å²) in [5.41, 5.74) is 0.990. The van der Waals surface area contributed by atoms with Gasteiger partial charge in [-0.25, -0.2) is 8.42 Å². The van der Waals surface area contributed by atoms with Gasteiger partial charge in [-0.05, 0) is 73.3 Å². The average molecular weight is 505 g/mol. The first-order valence-corrected chi connectivity index (χ1v) is 13.2. The van der Waals surface area contributed by atoms with Gasteiger partial charge in [0.2, 0.25) is 5.91 Å². The van der Waals surface area contributed by atoms with E-state index in [-0.39, 0.29) is 4.90 Å². The Hall–Kier alpha value is -2.68. The maximum absolute atomic E-state index is 13.5. The summed E-state index contributed by atoms with van der Waals surface area (Å²) in [5.74, 6) is 1.00. The van der Waals surface area contributed by atoms with Gasteiger partial charge in [-0.15, -0.1) is 11.8 Å². The first-order valence-electron chi connectivity index (χ1n) is 10.4. The quantitative estimate of drug-likeness (QED) is 0.359. The summed E-state index contributed by atoms with van der Waals surface area (Å²) in [6.45, 7) is 3.98. The number of hydrogen-bond acceptors (Lipinski definition) is 5. The summed E-state index contributed by atoms with van der Waals surface area (Å²) in [6, 6.07) is 19.9. The van der Waals surface area contributed by atoms with Crippen molar-refractivity contribution in [1.82, 2.24) is 0 Å². The Morgan fingerprint density at radius 1 is 1.00 bits per heavy atom. The third kappa shape index (κ3) is 6.43. The van der Waals surface area contributed by atoms with Crippen molar-refractivity contribution in [1.29, 1.82) is 0 Å². The molecule has 1 N–H and O–H groups in total. The molecule has 3 aromatic carbocycles. The van der Waals surface area contributed by atoms with E-state index in [9.17, 15) is 13.2 Å². The first-order chi connectivity index (χ1) is 15.8. The summed E-state index contributed by atoms with van der Waals surface area (Å²) in [6.07, 6.45) is 0. The molecule has 0 radical (unpaired) electrons. The molecule has 0 spiro atoms. The molecule has 0 atom stereocenters. The van der Waals surface area contributed by atoms with Gasteiger partial charge < -0.3 is 10.1 Å². The van der Waals surface area contributed by atoms with Crippen molar-refractivity contribution in [2.24, 2.45) is 0 Å². The largest absolute Gasteiger partial charge is 0.494 e. The number of anilines is 2. The molecule has 1 amide bonds. The minimum absolute atomic E-state index is 0.0375. The van der Waals surface area contributed by atoms with Crippen LogP contribution in [-0.4, -0.2) is 33.2 Å². The van der Waals surface area contributed by atoms with Gasteiger partial charge in [-0.2, -0.15) is 0 Å². The van der Waals surface area contributed by atoms with Gasteiger partial charge in [0.1, 0.15) is 12.3 Å². The van der Waals surface area contributed by atoms with E-state index >= 15 is 0 Å². The third-order valence-electron chi connectivity index (χ3n) is 4.59. The summed E-state index contributed by atoms with van der Waals surface area (Å²) in [5, 5.41) is 3.27. The van der Waals surface area contributed by atoms with Crippen molar-refractivity contribution in [3.8, 4) is 5.75 Å². The zero-order valence-corrected chi connectivity index (χ0v) is 20.7. The maximum atomic E-state index is 13.5. The smallest absolute Gasteiger partial charge is 0.264 e. The summed E-state index contributed by atoms with van der Waals surface area (Å²) < 4.78 is 33.5. The molecule has 0 aromatic heterocycles. The highest BCUT2D eigenvalue weighted by Crippen LogP contribution is 2.29. The zero-order chi connectivity index (χ0) is 23.8. The number of ether oxygens (including phenoxy) is 1. The molecular weight excluding hydrogens is 480 g/mol. The number of carbonyl (C=O) groups excluding carboxylic acids is 1. The molecule has 0 saturated heterocycles.